The van der Waals surface area contributed by atoms with E-state index in [9.17, 15) is 10.4 Å². The Hall–Kier alpha value is -0.670. The third-order valence-corrected chi connectivity index (χ3v) is 5.89. The zero-order valence-corrected chi connectivity index (χ0v) is 11.6. The number of nitrogens with zero attached hydrogens (tertiary/aromatic N) is 1. The highest BCUT2D eigenvalue weighted by atomic mass is 16.7. The standard InChI is InChI=1S/C15H21NO4/c16-10-13(9-11-1-2-12(13)20-11)14(17)3-5-15(6-4-14)18-7-8-19-15/h11-12,17H,1-9H2. The zero-order valence-electron chi connectivity index (χ0n) is 11.6. The van der Waals surface area contributed by atoms with Gasteiger partial charge in [-0.15, -0.1) is 0 Å². The van der Waals surface area contributed by atoms with Gasteiger partial charge in [0.15, 0.2) is 5.79 Å². The Labute approximate surface area is 118 Å². The molecule has 110 valence electrons. The molecule has 3 saturated heterocycles. The van der Waals surface area contributed by atoms with E-state index >= 15 is 0 Å². The Morgan fingerprint density at radius 1 is 1.05 bits per heavy atom. The second kappa shape index (κ2) is 4.17. The van der Waals surface area contributed by atoms with Crippen molar-refractivity contribution in [3.05, 3.63) is 0 Å². The summed E-state index contributed by atoms with van der Waals surface area (Å²) in [5.74, 6) is -0.499. The molecule has 4 rings (SSSR count). The van der Waals surface area contributed by atoms with Crippen molar-refractivity contribution < 1.29 is 19.3 Å². The highest BCUT2D eigenvalue weighted by Gasteiger charge is 2.65. The molecule has 2 bridgehead atoms. The number of ether oxygens (including phenoxy) is 3. The molecule has 4 aliphatic rings. The number of aliphatic hydroxyl groups is 1. The first-order valence-corrected chi connectivity index (χ1v) is 7.69. The van der Waals surface area contributed by atoms with Gasteiger partial charge in [0.25, 0.3) is 0 Å². The predicted molar refractivity (Wildman–Crippen MR) is 68.6 cm³/mol. The number of hydrogen-bond acceptors (Lipinski definition) is 5. The van der Waals surface area contributed by atoms with Crippen LogP contribution >= 0.6 is 0 Å². The van der Waals surface area contributed by atoms with E-state index in [1.165, 1.54) is 0 Å². The maximum Gasteiger partial charge on any atom is 0.168 e. The zero-order chi connectivity index (χ0) is 13.8. The molecule has 20 heavy (non-hydrogen) atoms. The summed E-state index contributed by atoms with van der Waals surface area (Å²) < 4.78 is 17.3. The fraction of sp³-hybridized carbons (Fsp3) is 0.933. The smallest absolute Gasteiger partial charge is 0.168 e. The first-order valence-electron chi connectivity index (χ1n) is 7.69. The summed E-state index contributed by atoms with van der Waals surface area (Å²) in [6.45, 7) is 1.27. The van der Waals surface area contributed by atoms with Crippen LogP contribution in [0.25, 0.3) is 0 Å². The second-order valence-electron chi connectivity index (χ2n) is 6.75. The summed E-state index contributed by atoms with van der Waals surface area (Å²) in [6, 6.07) is 2.44. The van der Waals surface area contributed by atoms with Gasteiger partial charge < -0.3 is 19.3 Å². The molecule has 3 unspecified atom stereocenters. The fourth-order valence-electron chi connectivity index (χ4n) is 4.70. The molecule has 1 saturated carbocycles. The average Bonchev–Trinajstić information content (AvgIpc) is 3.18. The second-order valence-corrected chi connectivity index (χ2v) is 6.75. The SMILES string of the molecule is N#CC1(C2(O)CCC3(CC2)OCCO3)CC2CCC1O2. The van der Waals surface area contributed by atoms with Crippen LogP contribution in [-0.4, -0.2) is 41.9 Å². The van der Waals surface area contributed by atoms with Crippen molar-refractivity contribution in [3.63, 3.8) is 0 Å². The molecule has 3 heterocycles. The van der Waals surface area contributed by atoms with E-state index in [-0.39, 0.29) is 12.2 Å². The van der Waals surface area contributed by atoms with E-state index in [2.05, 4.69) is 6.07 Å². The lowest BCUT2D eigenvalue weighted by molar-refractivity contribution is -0.220. The van der Waals surface area contributed by atoms with Crippen LogP contribution in [0.3, 0.4) is 0 Å². The van der Waals surface area contributed by atoms with Crippen molar-refractivity contribution in [2.75, 3.05) is 13.2 Å². The fourth-order valence-corrected chi connectivity index (χ4v) is 4.70. The third kappa shape index (κ3) is 1.57. The monoisotopic (exact) mass is 279 g/mol. The van der Waals surface area contributed by atoms with Crippen molar-refractivity contribution >= 4 is 0 Å². The van der Waals surface area contributed by atoms with Gasteiger partial charge in [-0.05, 0) is 32.1 Å². The van der Waals surface area contributed by atoms with Gasteiger partial charge in [-0.2, -0.15) is 5.26 Å². The maximum atomic E-state index is 11.2. The highest BCUT2D eigenvalue weighted by molar-refractivity contribution is 5.22. The van der Waals surface area contributed by atoms with Crippen LogP contribution in [0.4, 0.5) is 0 Å². The molecule has 1 N–H and O–H groups in total. The quantitative estimate of drug-likeness (QED) is 0.787. The number of fused-ring (bicyclic) bond motifs is 2. The van der Waals surface area contributed by atoms with E-state index in [4.69, 9.17) is 14.2 Å². The summed E-state index contributed by atoms with van der Waals surface area (Å²) >= 11 is 0. The van der Waals surface area contributed by atoms with Crippen molar-refractivity contribution in [2.45, 2.75) is 68.5 Å². The number of rotatable bonds is 1. The van der Waals surface area contributed by atoms with Gasteiger partial charge in [-0.25, -0.2) is 0 Å². The highest BCUT2D eigenvalue weighted by Crippen LogP contribution is 2.58. The Balaban J connectivity index is 1.57. The molecular weight excluding hydrogens is 258 g/mol. The average molecular weight is 279 g/mol. The predicted octanol–water partition coefficient (Wildman–Crippen LogP) is 1.50. The molecule has 5 nitrogen and oxygen atoms in total. The van der Waals surface area contributed by atoms with Crippen LogP contribution in [0, 0.1) is 16.7 Å². The lowest BCUT2D eigenvalue weighted by atomic mass is 9.58. The molecule has 0 aromatic heterocycles. The maximum absolute atomic E-state index is 11.2. The number of hydrogen-bond donors (Lipinski definition) is 1. The van der Waals surface area contributed by atoms with Crippen LogP contribution < -0.4 is 0 Å². The molecule has 0 aromatic carbocycles. The molecule has 4 fully saturated rings. The molecular formula is C15H21NO4. The largest absolute Gasteiger partial charge is 0.388 e. The van der Waals surface area contributed by atoms with Crippen LogP contribution in [0.5, 0.6) is 0 Å². The van der Waals surface area contributed by atoms with Gasteiger partial charge in [0.2, 0.25) is 0 Å². The van der Waals surface area contributed by atoms with Gasteiger partial charge in [-0.1, -0.05) is 0 Å². The van der Waals surface area contributed by atoms with E-state index in [1.807, 2.05) is 0 Å². The summed E-state index contributed by atoms with van der Waals surface area (Å²) in [7, 11) is 0. The molecule has 0 radical (unpaired) electrons. The van der Waals surface area contributed by atoms with Crippen molar-refractivity contribution in [1.82, 2.24) is 0 Å². The normalized spacial score (nSPS) is 44.8. The minimum Gasteiger partial charge on any atom is -0.388 e. The van der Waals surface area contributed by atoms with Gasteiger partial charge in [0.05, 0.1) is 37.1 Å². The molecule has 1 spiro atoms. The van der Waals surface area contributed by atoms with E-state index in [0.717, 1.165) is 12.8 Å². The van der Waals surface area contributed by atoms with Crippen molar-refractivity contribution in [2.24, 2.45) is 5.41 Å². The van der Waals surface area contributed by atoms with Gasteiger partial charge >= 0.3 is 0 Å². The van der Waals surface area contributed by atoms with E-state index in [0.29, 0.717) is 45.3 Å². The number of nitriles is 1. The van der Waals surface area contributed by atoms with Crippen LogP contribution in [-0.2, 0) is 14.2 Å². The van der Waals surface area contributed by atoms with Crippen molar-refractivity contribution in [1.29, 1.82) is 5.26 Å². The van der Waals surface area contributed by atoms with E-state index < -0.39 is 16.8 Å². The molecule has 5 heteroatoms. The lowest BCUT2D eigenvalue weighted by Gasteiger charge is -2.49. The summed E-state index contributed by atoms with van der Waals surface area (Å²) in [5.41, 5.74) is -1.68. The van der Waals surface area contributed by atoms with Crippen molar-refractivity contribution in [3.8, 4) is 6.07 Å². The molecule has 0 amide bonds. The molecule has 0 aromatic rings. The van der Waals surface area contributed by atoms with Crippen LogP contribution in [0.2, 0.25) is 0 Å². The third-order valence-electron chi connectivity index (χ3n) is 5.89. The first kappa shape index (κ1) is 13.0. The van der Waals surface area contributed by atoms with Gasteiger partial charge in [-0.3, -0.25) is 0 Å². The summed E-state index contributed by atoms with van der Waals surface area (Å²) in [6.07, 6.45) is 5.15. The summed E-state index contributed by atoms with van der Waals surface area (Å²) in [4.78, 5) is 0. The van der Waals surface area contributed by atoms with Crippen LogP contribution in [0.15, 0.2) is 0 Å². The minimum atomic E-state index is -0.956. The molecule has 1 aliphatic carbocycles. The Kier molecular flexibility index (Phi) is 2.72. The Morgan fingerprint density at radius 2 is 1.75 bits per heavy atom. The Bertz CT molecular complexity index is 443. The van der Waals surface area contributed by atoms with Gasteiger partial charge in [0, 0.05) is 12.8 Å². The summed E-state index contributed by atoms with van der Waals surface area (Å²) in [5, 5.41) is 20.9. The van der Waals surface area contributed by atoms with E-state index in [1.54, 1.807) is 0 Å². The van der Waals surface area contributed by atoms with Crippen LogP contribution in [0.1, 0.15) is 44.9 Å². The lowest BCUT2D eigenvalue weighted by Crippen LogP contribution is -2.57. The topological polar surface area (TPSA) is 71.7 Å². The molecule has 3 atom stereocenters. The molecule has 3 aliphatic heterocycles. The Morgan fingerprint density at radius 3 is 2.25 bits per heavy atom. The minimum absolute atomic E-state index is 0.0954. The van der Waals surface area contributed by atoms with Gasteiger partial charge in [0.1, 0.15) is 5.41 Å². The first-order chi connectivity index (χ1) is 9.62.